The highest BCUT2D eigenvalue weighted by Gasteiger charge is 2.53. The van der Waals surface area contributed by atoms with E-state index in [0.29, 0.717) is 38.4 Å². The van der Waals surface area contributed by atoms with E-state index in [4.69, 9.17) is 4.74 Å². The first-order valence-electron chi connectivity index (χ1n) is 9.17. The number of hydrogen-bond donors (Lipinski definition) is 0. The quantitative estimate of drug-likeness (QED) is 0.809. The molecule has 1 aromatic carbocycles. The van der Waals surface area contributed by atoms with Crippen molar-refractivity contribution in [3.8, 4) is 0 Å². The molecule has 3 amide bonds. The third-order valence-electron chi connectivity index (χ3n) is 5.87. The molecule has 7 heteroatoms. The molecule has 0 bridgehead atoms. The third kappa shape index (κ3) is 2.84. The zero-order valence-electron chi connectivity index (χ0n) is 15.0. The van der Waals surface area contributed by atoms with Crippen molar-refractivity contribution < 1.29 is 18.7 Å². The lowest BCUT2D eigenvalue weighted by Crippen LogP contribution is -2.56. The Morgan fingerprint density at radius 1 is 1.23 bits per heavy atom. The Morgan fingerprint density at radius 3 is 2.54 bits per heavy atom. The number of piperidine rings is 1. The van der Waals surface area contributed by atoms with Crippen molar-refractivity contribution in [2.45, 2.75) is 30.8 Å². The largest absolute Gasteiger partial charge is 0.379 e. The predicted molar refractivity (Wildman–Crippen MR) is 93.4 cm³/mol. The number of carbonyl (C=O) groups is 2. The molecule has 26 heavy (non-hydrogen) atoms. The molecular weight excluding hydrogens is 337 g/mol. The molecule has 0 N–H and O–H groups in total. The lowest BCUT2D eigenvalue weighted by atomic mass is 9.92. The second kappa shape index (κ2) is 6.54. The minimum Gasteiger partial charge on any atom is -0.379 e. The van der Waals surface area contributed by atoms with Crippen LogP contribution in [0, 0.1) is 5.82 Å². The van der Waals surface area contributed by atoms with Crippen LogP contribution in [-0.2, 0) is 4.74 Å². The van der Waals surface area contributed by atoms with Crippen LogP contribution in [0.4, 0.5) is 9.18 Å². The molecule has 0 unspecified atom stereocenters. The molecule has 0 radical (unpaired) electrons. The minimum atomic E-state index is -0.346. The maximum Gasteiger partial charge on any atom is 0.320 e. The highest BCUT2D eigenvalue weighted by Crippen LogP contribution is 2.37. The van der Waals surface area contributed by atoms with Gasteiger partial charge >= 0.3 is 6.03 Å². The van der Waals surface area contributed by atoms with Gasteiger partial charge in [-0.3, -0.25) is 4.79 Å². The van der Waals surface area contributed by atoms with Crippen molar-refractivity contribution in [3.63, 3.8) is 0 Å². The second-order valence-corrected chi connectivity index (χ2v) is 7.57. The van der Waals surface area contributed by atoms with E-state index in [1.54, 1.807) is 9.80 Å². The van der Waals surface area contributed by atoms with E-state index in [0.717, 1.165) is 19.3 Å². The molecule has 3 fully saturated rings. The van der Waals surface area contributed by atoms with Gasteiger partial charge in [0.1, 0.15) is 5.82 Å². The molecule has 6 nitrogen and oxygen atoms in total. The predicted octanol–water partition coefficient (Wildman–Crippen LogP) is 1.96. The first-order valence-corrected chi connectivity index (χ1v) is 9.17. The van der Waals surface area contributed by atoms with Crippen molar-refractivity contribution in [1.82, 2.24) is 14.7 Å². The van der Waals surface area contributed by atoms with Crippen LogP contribution in [0.5, 0.6) is 0 Å². The van der Waals surface area contributed by atoms with Gasteiger partial charge < -0.3 is 19.4 Å². The topological polar surface area (TPSA) is 53.1 Å². The first-order chi connectivity index (χ1) is 12.5. The van der Waals surface area contributed by atoms with Crippen molar-refractivity contribution >= 4 is 11.9 Å². The van der Waals surface area contributed by atoms with Gasteiger partial charge in [0.25, 0.3) is 5.91 Å². The number of amides is 3. The standard InChI is InChI=1S/C19H24FN3O3/c1-21-12-19(8-11-26-13-19)23(18(21)25)16-6-9-22(10-7-16)17(24)14-2-4-15(20)5-3-14/h2-5,16H,6-13H2,1H3/t19-/m0/s1. The Hall–Kier alpha value is -2.15. The second-order valence-electron chi connectivity index (χ2n) is 7.57. The lowest BCUT2D eigenvalue weighted by Gasteiger charge is -2.42. The van der Waals surface area contributed by atoms with Gasteiger partial charge in [-0.25, -0.2) is 9.18 Å². The molecule has 3 aliphatic heterocycles. The van der Waals surface area contributed by atoms with Crippen LogP contribution in [0.2, 0.25) is 0 Å². The fourth-order valence-corrected chi connectivity index (χ4v) is 4.53. The van der Waals surface area contributed by atoms with Crippen LogP contribution in [0.25, 0.3) is 0 Å². The highest BCUT2D eigenvalue weighted by atomic mass is 19.1. The van der Waals surface area contributed by atoms with E-state index in [-0.39, 0.29) is 29.3 Å². The molecule has 1 spiro atoms. The third-order valence-corrected chi connectivity index (χ3v) is 5.87. The average Bonchev–Trinajstić information content (AvgIpc) is 3.20. The number of carbonyl (C=O) groups excluding carboxylic acids is 2. The number of likely N-dealkylation sites (tertiary alicyclic amines) is 1. The van der Waals surface area contributed by atoms with Crippen LogP contribution in [0.3, 0.4) is 0 Å². The summed E-state index contributed by atoms with van der Waals surface area (Å²) in [5.74, 6) is -0.423. The summed E-state index contributed by atoms with van der Waals surface area (Å²) >= 11 is 0. The molecule has 0 aromatic heterocycles. The number of likely N-dealkylation sites (N-methyl/N-ethyl adjacent to an activating group) is 1. The molecule has 0 saturated carbocycles. The number of benzene rings is 1. The van der Waals surface area contributed by atoms with Crippen molar-refractivity contribution in [2.24, 2.45) is 0 Å². The number of halogens is 1. The van der Waals surface area contributed by atoms with Crippen LogP contribution >= 0.6 is 0 Å². The van der Waals surface area contributed by atoms with Gasteiger partial charge in [-0.15, -0.1) is 0 Å². The number of nitrogens with zero attached hydrogens (tertiary/aromatic N) is 3. The van der Waals surface area contributed by atoms with Crippen molar-refractivity contribution in [1.29, 1.82) is 0 Å². The molecule has 1 atom stereocenters. The Balaban J connectivity index is 1.44. The van der Waals surface area contributed by atoms with E-state index in [9.17, 15) is 14.0 Å². The molecule has 3 heterocycles. The smallest absolute Gasteiger partial charge is 0.320 e. The van der Waals surface area contributed by atoms with Gasteiger partial charge in [-0.05, 0) is 43.5 Å². The molecule has 4 rings (SSSR count). The zero-order chi connectivity index (χ0) is 18.3. The van der Waals surface area contributed by atoms with E-state index < -0.39 is 0 Å². The maximum atomic E-state index is 13.1. The molecule has 3 aliphatic rings. The lowest BCUT2D eigenvalue weighted by molar-refractivity contribution is 0.0498. The van der Waals surface area contributed by atoms with Crippen LogP contribution in [-0.4, -0.2) is 78.1 Å². The molecule has 3 saturated heterocycles. The fourth-order valence-electron chi connectivity index (χ4n) is 4.53. The Labute approximate surface area is 152 Å². The Morgan fingerprint density at radius 2 is 1.92 bits per heavy atom. The first kappa shape index (κ1) is 17.3. The van der Waals surface area contributed by atoms with Crippen molar-refractivity contribution in [2.75, 3.05) is 39.9 Å². The van der Waals surface area contributed by atoms with Gasteiger partial charge in [0.15, 0.2) is 0 Å². The molecule has 140 valence electrons. The summed E-state index contributed by atoms with van der Waals surface area (Å²) in [5.41, 5.74) is 0.294. The monoisotopic (exact) mass is 361 g/mol. The Kier molecular flexibility index (Phi) is 4.34. The highest BCUT2D eigenvalue weighted by molar-refractivity contribution is 5.94. The summed E-state index contributed by atoms with van der Waals surface area (Å²) in [4.78, 5) is 30.9. The molecule has 0 aliphatic carbocycles. The van der Waals surface area contributed by atoms with Gasteiger partial charge in [-0.2, -0.15) is 0 Å². The van der Waals surface area contributed by atoms with E-state index in [1.165, 1.54) is 24.3 Å². The van der Waals surface area contributed by atoms with Gasteiger partial charge in [-0.1, -0.05) is 0 Å². The number of hydrogen-bond acceptors (Lipinski definition) is 3. The van der Waals surface area contributed by atoms with Crippen LogP contribution < -0.4 is 0 Å². The van der Waals surface area contributed by atoms with Crippen LogP contribution in [0.1, 0.15) is 29.6 Å². The van der Waals surface area contributed by atoms with E-state index in [1.807, 2.05) is 11.9 Å². The number of rotatable bonds is 2. The summed E-state index contributed by atoms with van der Waals surface area (Å²) in [6, 6.07) is 5.86. The Bertz CT molecular complexity index is 694. The minimum absolute atomic E-state index is 0.0683. The zero-order valence-corrected chi connectivity index (χ0v) is 15.0. The summed E-state index contributed by atoms with van der Waals surface area (Å²) in [7, 11) is 1.84. The summed E-state index contributed by atoms with van der Waals surface area (Å²) in [6.07, 6.45) is 2.39. The SMILES string of the molecule is CN1C[C@]2(CCOC2)N(C2CCN(C(=O)c3ccc(F)cc3)CC2)C1=O. The molecule has 1 aromatic rings. The maximum absolute atomic E-state index is 13.1. The summed E-state index contributed by atoms with van der Waals surface area (Å²) in [6.45, 7) is 3.20. The van der Waals surface area contributed by atoms with E-state index >= 15 is 0 Å². The van der Waals surface area contributed by atoms with Gasteiger partial charge in [0, 0.05) is 44.9 Å². The molecular formula is C19H24FN3O3. The normalized spacial score (nSPS) is 27.0. The van der Waals surface area contributed by atoms with Crippen LogP contribution in [0.15, 0.2) is 24.3 Å². The van der Waals surface area contributed by atoms with E-state index in [2.05, 4.69) is 0 Å². The van der Waals surface area contributed by atoms with Gasteiger partial charge in [0.05, 0.1) is 12.1 Å². The van der Waals surface area contributed by atoms with Gasteiger partial charge in [0.2, 0.25) is 0 Å². The fraction of sp³-hybridized carbons (Fsp3) is 0.579. The summed E-state index contributed by atoms with van der Waals surface area (Å²) < 4.78 is 18.7. The van der Waals surface area contributed by atoms with Crippen molar-refractivity contribution in [3.05, 3.63) is 35.6 Å². The summed E-state index contributed by atoms with van der Waals surface area (Å²) in [5, 5.41) is 0. The number of urea groups is 1. The number of ether oxygens (including phenoxy) is 1. The average molecular weight is 361 g/mol.